The van der Waals surface area contributed by atoms with Crippen LogP contribution in [0, 0.1) is 5.92 Å². The second kappa shape index (κ2) is 7.05. The lowest BCUT2D eigenvalue weighted by atomic mass is 10.0. The van der Waals surface area contributed by atoms with Gasteiger partial charge >= 0.3 is 0 Å². The van der Waals surface area contributed by atoms with Crippen molar-refractivity contribution < 1.29 is 0 Å². The number of thiophene rings is 1. The number of hydrogen-bond acceptors (Lipinski definition) is 2. The minimum Gasteiger partial charge on any atom is -0.312 e. The average Bonchev–Trinajstić information content (AvgIpc) is 2.89. The van der Waals surface area contributed by atoms with Crippen molar-refractivity contribution in [2.45, 2.75) is 39.7 Å². The lowest BCUT2D eigenvalue weighted by molar-refractivity contribution is 0.449. The van der Waals surface area contributed by atoms with Gasteiger partial charge in [0.1, 0.15) is 0 Å². The molecule has 0 bridgehead atoms. The third-order valence-electron chi connectivity index (χ3n) is 3.71. The van der Waals surface area contributed by atoms with Gasteiger partial charge in [-0.25, -0.2) is 0 Å². The van der Waals surface area contributed by atoms with E-state index in [0.29, 0.717) is 12.0 Å². The molecule has 2 heteroatoms. The van der Waals surface area contributed by atoms with Crippen molar-refractivity contribution in [3.8, 4) is 10.4 Å². The first-order valence-corrected chi connectivity index (χ1v) is 8.34. The van der Waals surface area contributed by atoms with Gasteiger partial charge in [-0.2, -0.15) is 0 Å². The molecule has 0 aliphatic rings. The largest absolute Gasteiger partial charge is 0.312 e. The molecule has 0 aliphatic carbocycles. The van der Waals surface area contributed by atoms with Gasteiger partial charge < -0.3 is 5.32 Å². The SMILES string of the molecule is CCCc1ccccc1-c1ccc(C(NC)C(C)C)s1. The van der Waals surface area contributed by atoms with Crippen molar-refractivity contribution in [1.29, 1.82) is 0 Å². The van der Waals surface area contributed by atoms with E-state index in [4.69, 9.17) is 0 Å². The standard InChI is InChI=1S/C18H25NS/c1-5-8-14-9-6-7-10-15(14)16-11-12-17(20-16)18(19-4)13(2)3/h6-7,9-13,18-19H,5,8H2,1-4H3. The summed E-state index contributed by atoms with van der Waals surface area (Å²) >= 11 is 1.92. The Hall–Kier alpha value is -1.12. The topological polar surface area (TPSA) is 12.0 Å². The highest BCUT2D eigenvalue weighted by atomic mass is 32.1. The summed E-state index contributed by atoms with van der Waals surface area (Å²) in [5.74, 6) is 0.609. The zero-order valence-corrected chi connectivity index (χ0v) is 13.8. The summed E-state index contributed by atoms with van der Waals surface area (Å²) in [6, 6.07) is 13.8. The molecule has 1 nitrogen and oxygen atoms in total. The van der Waals surface area contributed by atoms with E-state index in [1.54, 1.807) is 0 Å². The summed E-state index contributed by atoms with van der Waals surface area (Å²) in [5.41, 5.74) is 2.87. The van der Waals surface area contributed by atoms with Gasteiger partial charge in [0.25, 0.3) is 0 Å². The molecule has 0 spiro atoms. The van der Waals surface area contributed by atoms with E-state index >= 15 is 0 Å². The molecule has 20 heavy (non-hydrogen) atoms. The van der Waals surface area contributed by atoms with Gasteiger partial charge in [-0.05, 0) is 42.6 Å². The van der Waals surface area contributed by atoms with E-state index < -0.39 is 0 Å². The van der Waals surface area contributed by atoms with Crippen LogP contribution in [0.15, 0.2) is 36.4 Å². The smallest absolute Gasteiger partial charge is 0.0435 e. The van der Waals surface area contributed by atoms with Gasteiger partial charge in [0.15, 0.2) is 0 Å². The predicted octanol–water partition coefficient (Wildman–Crippen LogP) is 5.28. The molecule has 1 heterocycles. The Kier molecular flexibility index (Phi) is 5.38. The van der Waals surface area contributed by atoms with E-state index in [9.17, 15) is 0 Å². The number of aryl methyl sites for hydroxylation is 1. The first-order chi connectivity index (χ1) is 9.67. The number of nitrogens with one attached hydrogen (secondary N) is 1. The molecule has 0 fully saturated rings. The highest BCUT2D eigenvalue weighted by Crippen LogP contribution is 2.35. The maximum absolute atomic E-state index is 3.43. The van der Waals surface area contributed by atoms with E-state index in [0.717, 1.165) is 6.42 Å². The van der Waals surface area contributed by atoms with Crippen LogP contribution >= 0.6 is 11.3 Å². The molecule has 0 radical (unpaired) electrons. The lowest BCUT2D eigenvalue weighted by Gasteiger charge is -2.18. The monoisotopic (exact) mass is 287 g/mol. The van der Waals surface area contributed by atoms with Crippen LogP contribution < -0.4 is 5.32 Å². The Morgan fingerprint density at radius 2 is 1.85 bits per heavy atom. The fourth-order valence-corrected chi connectivity index (χ4v) is 4.07. The zero-order chi connectivity index (χ0) is 14.5. The first kappa shape index (κ1) is 15.3. The summed E-state index contributed by atoms with van der Waals surface area (Å²) in [4.78, 5) is 2.83. The summed E-state index contributed by atoms with van der Waals surface area (Å²) in [6.45, 7) is 6.78. The second-order valence-corrected chi connectivity index (χ2v) is 6.73. The van der Waals surface area contributed by atoms with Gasteiger partial charge in [-0.1, -0.05) is 51.5 Å². The van der Waals surface area contributed by atoms with Crippen LogP contribution in [0.3, 0.4) is 0 Å². The molecule has 1 unspecified atom stereocenters. The van der Waals surface area contributed by atoms with Crippen molar-refractivity contribution in [2.75, 3.05) is 7.05 Å². The second-order valence-electron chi connectivity index (χ2n) is 5.62. The minimum atomic E-state index is 0.451. The van der Waals surface area contributed by atoms with Crippen molar-refractivity contribution in [2.24, 2.45) is 5.92 Å². The van der Waals surface area contributed by atoms with Crippen molar-refractivity contribution in [3.63, 3.8) is 0 Å². The van der Waals surface area contributed by atoms with E-state index in [1.807, 2.05) is 11.3 Å². The molecule has 0 aliphatic heterocycles. The van der Waals surface area contributed by atoms with Gasteiger partial charge in [-0.3, -0.25) is 0 Å². The molecule has 0 amide bonds. The quantitative estimate of drug-likeness (QED) is 0.761. The highest BCUT2D eigenvalue weighted by molar-refractivity contribution is 7.15. The normalized spacial score (nSPS) is 12.8. The van der Waals surface area contributed by atoms with Crippen LogP contribution in [0.25, 0.3) is 10.4 Å². The summed E-state index contributed by atoms with van der Waals surface area (Å²) in [7, 11) is 2.05. The molecule has 108 valence electrons. The molecule has 0 saturated carbocycles. The Bertz CT molecular complexity index is 542. The Morgan fingerprint density at radius 1 is 1.10 bits per heavy atom. The fraction of sp³-hybridized carbons (Fsp3) is 0.444. The molecule has 1 aromatic carbocycles. The summed E-state index contributed by atoms with van der Waals surface area (Å²) in [5, 5.41) is 3.43. The van der Waals surface area contributed by atoms with Crippen LogP contribution in [0.2, 0.25) is 0 Å². The predicted molar refractivity (Wildman–Crippen MR) is 90.4 cm³/mol. The van der Waals surface area contributed by atoms with Crippen LogP contribution in [-0.4, -0.2) is 7.05 Å². The van der Waals surface area contributed by atoms with Crippen LogP contribution in [0.1, 0.15) is 43.7 Å². The van der Waals surface area contributed by atoms with E-state index in [1.165, 1.54) is 27.3 Å². The molecule has 2 aromatic rings. The molecular weight excluding hydrogens is 262 g/mol. The third-order valence-corrected chi connectivity index (χ3v) is 4.91. The van der Waals surface area contributed by atoms with Crippen molar-refractivity contribution >= 4 is 11.3 Å². The Labute approximate surface area is 127 Å². The fourth-order valence-electron chi connectivity index (χ4n) is 2.72. The number of benzene rings is 1. The maximum atomic E-state index is 3.43. The summed E-state index contributed by atoms with van der Waals surface area (Å²) < 4.78 is 0. The number of hydrogen-bond donors (Lipinski definition) is 1. The molecule has 0 saturated heterocycles. The zero-order valence-electron chi connectivity index (χ0n) is 12.9. The highest BCUT2D eigenvalue weighted by Gasteiger charge is 2.16. The van der Waals surface area contributed by atoms with E-state index in [2.05, 4.69) is 69.5 Å². The molecule has 1 aromatic heterocycles. The van der Waals surface area contributed by atoms with E-state index in [-0.39, 0.29) is 0 Å². The van der Waals surface area contributed by atoms with Crippen LogP contribution in [0.4, 0.5) is 0 Å². The Balaban J connectivity index is 2.33. The van der Waals surface area contributed by atoms with Crippen LogP contribution in [-0.2, 0) is 6.42 Å². The maximum Gasteiger partial charge on any atom is 0.0435 e. The van der Waals surface area contributed by atoms with Gasteiger partial charge in [0, 0.05) is 15.8 Å². The third kappa shape index (κ3) is 3.31. The summed E-state index contributed by atoms with van der Waals surface area (Å²) in [6.07, 6.45) is 2.35. The number of rotatable bonds is 6. The minimum absolute atomic E-state index is 0.451. The van der Waals surface area contributed by atoms with Gasteiger partial charge in [-0.15, -0.1) is 11.3 Å². The molecule has 2 rings (SSSR count). The average molecular weight is 287 g/mol. The van der Waals surface area contributed by atoms with Crippen molar-refractivity contribution in [3.05, 3.63) is 46.8 Å². The molecule has 1 atom stereocenters. The van der Waals surface area contributed by atoms with Gasteiger partial charge in [0.05, 0.1) is 0 Å². The lowest BCUT2D eigenvalue weighted by Crippen LogP contribution is -2.20. The van der Waals surface area contributed by atoms with Crippen LogP contribution in [0.5, 0.6) is 0 Å². The molecular formula is C18H25NS. The van der Waals surface area contributed by atoms with Gasteiger partial charge in [0.2, 0.25) is 0 Å². The molecule has 1 N–H and O–H groups in total. The first-order valence-electron chi connectivity index (χ1n) is 7.52. The Morgan fingerprint density at radius 3 is 2.50 bits per heavy atom. The van der Waals surface area contributed by atoms with Crippen molar-refractivity contribution in [1.82, 2.24) is 5.32 Å².